The van der Waals surface area contributed by atoms with Gasteiger partial charge in [-0.05, 0) is 43.2 Å². The molecule has 0 aliphatic heterocycles. The molecule has 0 aliphatic rings. The van der Waals surface area contributed by atoms with E-state index in [9.17, 15) is 0 Å². The molecular formula is C17H16ClN3O. The summed E-state index contributed by atoms with van der Waals surface area (Å²) >= 11 is 6.11. The zero-order chi connectivity index (χ0) is 15.5. The van der Waals surface area contributed by atoms with E-state index in [0.29, 0.717) is 18.3 Å². The minimum atomic E-state index is 0.457. The fraction of sp³-hybridized carbons (Fsp3) is 0.176. The summed E-state index contributed by atoms with van der Waals surface area (Å²) in [7, 11) is 0. The maximum atomic E-state index is 6.11. The molecule has 112 valence electrons. The van der Waals surface area contributed by atoms with Crippen LogP contribution in [0.3, 0.4) is 0 Å². The number of aromatic nitrogens is 2. The van der Waals surface area contributed by atoms with E-state index < -0.39 is 0 Å². The lowest BCUT2D eigenvalue weighted by Gasteiger charge is -2.05. The van der Waals surface area contributed by atoms with Gasteiger partial charge in [-0.2, -0.15) is 0 Å². The van der Waals surface area contributed by atoms with Crippen molar-refractivity contribution in [3.8, 4) is 11.5 Å². The molecule has 2 aromatic carbocycles. The lowest BCUT2D eigenvalue weighted by Crippen LogP contribution is -1.99. The van der Waals surface area contributed by atoms with Crippen LogP contribution in [0, 0.1) is 13.8 Å². The number of aryl methyl sites for hydroxylation is 2. The molecule has 1 heterocycles. The van der Waals surface area contributed by atoms with E-state index in [0.717, 1.165) is 27.4 Å². The van der Waals surface area contributed by atoms with Crippen molar-refractivity contribution in [2.24, 2.45) is 0 Å². The van der Waals surface area contributed by atoms with Crippen molar-refractivity contribution in [2.45, 2.75) is 20.4 Å². The van der Waals surface area contributed by atoms with Gasteiger partial charge in [0.2, 0.25) is 11.8 Å². The summed E-state index contributed by atoms with van der Waals surface area (Å²) in [5, 5.41) is 12.1. The van der Waals surface area contributed by atoms with Crippen molar-refractivity contribution in [1.29, 1.82) is 0 Å². The molecule has 0 fully saturated rings. The summed E-state index contributed by atoms with van der Waals surface area (Å²) in [5.41, 5.74) is 4.04. The largest absolute Gasteiger partial charge is 0.419 e. The summed E-state index contributed by atoms with van der Waals surface area (Å²) in [6.07, 6.45) is 0. The van der Waals surface area contributed by atoms with Gasteiger partial charge in [-0.1, -0.05) is 35.9 Å². The van der Waals surface area contributed by atoms with Gasteiger partial charge in [0, 0.05) is 16.3 Å². The second kappa shape index (κ2) is 6.20. The van der Waals surface area contributed by atoms with Gasteiger partial charge in [-0.3, -0.25) is 0 Å². The fourth-order valence-corrected chi connectivity index (χ4v) is 2.31. The zero-order valence-electron chi connectivity index (χ0n) is 12.4. The zero-order valence-corrected chi connectivity index (χ0v) is 13.2. The Balaban J connectivity index is 1.72. The van der Waals surface area contributed by atoms with E-state index in [1.165, 1.54) is 0 Å². The molecule has 0 aliphatic carbocycles. The SMILES string of the molecule is Cc1ccc(NCc2nnc(-c3ccccc3C)o2)cc1Cl. The molecule has 0 spiro atoms. The Hall–Kier alpha value is -2.33. The summed E-state index contributed by atoms with van der Waals surface area (Å²) in [6, 6.07) is 13.8. The van der Waals surface area contributed by atoms with Gasteiger partial charge < -0.3 is 9.73 Å². The topological polar surface area (TPSA) is 51.0 Å². The first kappa shape index (κ1) is 14.6. The van der Waals surface area contributed by atoms with E-state index in [4.69, 9.17) is 16.0 Å². The number of hydrogen-bond donors (Lipinski definition) is 1. The first-order chi connectivity index (χ1) is 10.6. The average molecular weight is 314 g/mol. The molecule has 22 heavy (non-hydrogen) atoms. The quantitative estimate of drug-likeness (QED) is 0.763. The number of nitrogens with one attached hydrogen (secondary N) is 1. The predicted molar refractivity (Wildman–Crippen MR) is 88.0 cm³/mol. The first-order valence-electron chi connectivity index (χ1n) is 7.02. The Bertz CT molecular complexity index is 798. The summed E-state index contributed by atoms with van der Waals surface area (Å²) in [4.78, 5) is 0. The number of hydrogen-bond acceptors (Lipinski definition) is 4. The van der Waals surface area contributed by atoms with Crippen LogP contribution in [0.1, 0.15) is 17.0 Å². The molecule has 3 rings (SSSR count). The number of benzene rings is 2. The summed E-state index contributed by atoms with van der Waals surface area (Å²) in [6.45, 7) is 4.45. The van der Waals surface area contributed by atoms with Crippen molar-refractivity contribution in [1.82, 2.24) is 10.2 Å². The molecule has 0 saturated heterocycles. The molecule has 0 radical (unpaired) electrons. The minimum Gasteiger partial charge on any atom is -0.419 e. The lowest BCUT2D eigenvalue weighted by molar-refractivity contribution is 0.514. The number of anilines is 1. The monoisotopic (exact) mass is 313 g/mol. The molecule has 1 N–H and O–H groups in total. The van der Waals surface area contributed by atoms with E-state index >= 15 is 0 Å². The Morgan fingerprint density at radius 1 is 1.05 bits per heavy atom. The van der Waals surface area contributed by atoms with Crippen LogP contribution in [0.4, 0.5) is 5.69 Å². The molecule has 4 nitrogen and oxygen atoms in total. The molecule has 5 heteroatoms. The minimum absolute atomic E-state index is 0.457. The van der Waals surface area contributed by atoms with Gasteiger partial charge in [0.05, 0.1) is 6.54 Å². The molecule has 0 atom stereocenters. The van der Waals surface area contributed by atoms with Crippen molar-refractivity contribution in [3.63, 3.8) is 0 Å². The second-order valence-corrected chi connectivity index (χ2v) is 5.54. The van der Waals surface area contributed by atoms with E-state index in [2.05, 4.69) is 15.5 Å². The van der Waals surface area contributed by atoms with Crippen LogP contribution in [0.5, 0.6) is 0 Å². The summed E-state index contributed by atoms with van der Waals surface area (Å²) in [5.74, 6) is 1.08. The number of halogens is 1. The van der Waals surface area contributed by atoms with Crippen LogP contribution >= 0.6 is 11.6 Å². The molecule has 0 unspecified atom stereocenters. The molecule has 0 saturated carbocycles. The highest BCUT2D eigenvalue weighted by molar-refractivity contribution is 6.31. The van der Waals surface area contributed by atoms with Crippen LogP contribution in [-0.2, 0) is 6.54 Å². The summed E-state index contributed by atoms with van der Waals surface area (Å²) < 4.78 is 5.71. The fourth-order valence-electron chi connectivity index (χ4n) is 2.13. The van der Waals surface area contributed by atoms with Crippen LogP contribution < -0.4 is 5.32 Å². The molecule has 3 aromatic rings. The van der Waals surface area contributed by atoms with Gasteiger partial charge >= 0.3 is 0 Å². The Morgan fingerprint density at radius 3 is 2.64 bits per heavy atom. The van der Waals surface area contributed by atoms with Crippen LogP contribution in [0.15, 0.2) is 46.9 Å². The lowest BCUT2D eigenvalue weighted by atomic mass is 10.1. The molecular weight excluding hydrogens is 298 g/mol. The van der Waals surface area contributed by atoms with Crippen LogP contribution in [0.2, 0.25) is 5.02 Å². The highest BCUT2D eigenvalue weighted by Crippen LogP contribution is 2.23. The van der Waals surface area contributed by atoms with Gasteiger partial charge in [0.25, 0.3) is 0 Å². The van der Waals surface area contributed by atoms with Gasteiger partial charge in [0.1, 0.15) is 0 Å². The molecule has 0 amide bonds. The van der Waals surface area contributed by atoms with Crippen LogP contribution in [0.25, 0.3) is 11.5 Å². The van der Waals surface area contributed by atoms with Crippen LogP contribution in [-0.4, -0.2) is 10.2 Å². The Morgan fingerprint density at radius 2 is 1.86 bits per heavy atom. The smallest absolute Gasteiger partial charge is 0.248 e. The number of rotatable bonds is 4. The average Bonchev–Trinajstić information content (AvgIpc) is 2.98. The molecule has 0 bridgehead atoms. The highest BCUT2D eigenvalue weighted by Gasteiger charge is 2.10. The van der Waals surface area contributed by atoms with E-state index in [-0.39, 0.29) is 0 Å². The standard InChI is InChI=1S/C17H16ClN3O/c1-11-5-3-4-6-14(11)17-21-20-16(22-17)10-19-13-8-7-12(2)15(18)9-13/h3-9,19H,10H2,1-2H3. The number of nitrogens with zero attached hydrogens (tertiary/aromatic N) is 2. The van der Waals surface area contributed by atoms with E-state index in [1.807, 2.05) is 56.3 Å². The third-order valence-electron chi connectivity index (χ3n) is 3.46. The van der Waals surface area contributed by atoms with Gasteiger partial charge in [-0.25, -0.2) is 0 Å². The third kappa shape index (κ3) is 3.12. The Kier molecular flexibility index (Phi) is 4.11. The normalized spacial score (nSPS) is 10.7. The third-order valence-corrected chi connectivity index (χ3v) is 3.87. The van der Waals surface area contributed by atoms with Crippen molar-refractivity contribution < 1.29 is 4.42 Å². The second-order valence-electron chi connectivity index (χ2n) is 5.13. The predicted octanol–water partition coefficient (Wildman–Crippen LogP) is 4.62. The maximum Gasteiger partial charge on any atom is 0.248 e. The highest BCUT2D eigenvalue weighted by atomic mass is 35.5. The molecule has 1 aromatic heterocycles. The first-order valence-corrected chi connectivity index (χ1v) is 7.39. The Labute approximate surface area is 134 Å². The maximum absolute atomic E-state index is 6.11. The van der Waals surface area contributed by atoms with Gasteiger partial charge in [-0.15, -0.1) is 10.2 Å². The van der Waals surface area contributed by atoms with Crippen molar-refractivity contribution in [2.75, 3.05) is 5.32 Å². The van der Waals surface area contributed by atoms with Crippen molar-refractivity contribution >= 4 is 17.3 Å². The van der Waals surface area contributed by atoms with Gasteiger partial charge in [0.15, 0.2) is 0 Å². The van der Waals surface area contributed by atoms with Crippen molar-refractivity contribution in [3.05, 3.63) is 64.5 Å². The van der Waals surface area contributed by atoms with E-state index in [1.54, 1.807) is 0 Å².